The number of amides is 1. The lowest BCUT2D eigenvalue weighted by Gasteiger charge is -2.21. The van der Waals surface area contributed by atoms with E-state index in [0.29, 0.717) is 5.56 Å². The molecule has 0 bridgehead atoms. The number of ether oxygens (including phenoxy) is 1. The predicted molar refractivity (Wildman–Crippen MR) is 65.1 cm³/mol. The van der Waals surface area contributed by atoms with Crippen LogP contribution in [-0.2, 0) is 4.74 Å². The lowest BCUT2D eigenvalue weighted by molar-refractivity contribution is 0.0489. The van der Waals surface area contributed by atoms with E-state index in [9.17, 15) is 9.18 Å². The molecule has 1 unspecified atom stereocenters. The standard InChI is InChI=1S/C12H18FN3O2/c1-8(9-5-10(13)7-14-6-9)15-16-11(17)18-12(2,3)4/h5-8,15H,1-4H3,(H,16,17). The molecule has 1 atom stereocenters. The topological polar surface area (TPSA) is 63.2 Å². The molecule has 0 aliphatic carbocycles. The van der Waals surface area contributed by atoms with E-state index in [-0.39, 0.29) is 6.04 Å². The first-order valence-electron chi connectivity index (χ1n) is 5.63. The maximum Gasteiger partial charge on any atom is 0.422 e. The second-order valence-corrected chi connectivity index (χ2v) is 4.93. The van der Waals surface area contributed by atoms with Gasteiger partial charge in [-0.1, -0.05) is 0 Å². The van der Waals surface area contributed by atoms with Crippen LogP contribution in [0.3, 0.4) is 0 Å². The average Bonchev–Trinajstić information content (AvgIpc) is 2.23. The Morgan fingerprint density at radius 2 is 2.11 bits per heavy atom. The maximum absolute atomic E-state index is 12.9. The molecule has 1 aromatic heterocycles. The monoisotopic (exact) mass is 255 g/mol. The number of nitrogens with one attached hydrogen (secondary N) is 2. The van der Waals surface area contributed by atoms with Gasteiger partial charge in [0.2, 0.25) is 0 Å². The smallest absolute Gasteiger partial charge is 0.422 e. The van der Waals surface area contributed by atoms with E-state index < -0.39 is 17.5 Å². The fourth-order valence-corrected chi connectivity index (χ4v) is 1.22. The Morgan fingerprint density at radius 1 is 1.44 bits per heavy atom. The molecule has 6 heteroatoms. The minimum atomic E-state index is -0.585. The molecule has 0 radical (unpaired) electrons. The fourth-order valence-electron chi connectivity index (χ4n) is 1.22. The van der Waals surface area contributed by atoms with Crippen LogP contribution in [0, 0.1) is 5.82 Å². The molecule has 2 N–H and O–H groups in total. The van der Waals surface area contributed by atoms with E-state index in [2.05, 4.69) is 15.8 Å². The number of pyridine rings is 1. The van der Waals surface area contributed by atoms with Crippen LogP contribution < -0.4 is 10.9 Å². The van der Waals surface area contributed by atoms with Gasteiger partial charge in [0.1, 0.15) is 11.4 Å². The highest BCUT2D eigenvalue weighted by Gasteiger charge is 2.16. The number of nitrogens with zero attached hydrogens (tertiary/aromatic N) is 1. The molecule has 1 rings (SSSR count). The summed E-state index contributed by atoms with van der Waals surface area (Å²) in [4.78, 5) is 15.1. The average molecular weight is 255 g/mol. The van der Waals surface area contributed by atoms with Gasteiger partial charge in [0.05, 0.1) is 6.20 Å². The van der Waals surface area contributed by atoms with Gasteiger partial charge in [-0.15, -0.1) is 0 Å². The van der Waals surface area contributed by atoms with Gasteiger partial charge in [-0.2, -0.15) is 0 Å². The number of carbonyl (C=O) groups excluding carboxylic acids is 1. The minimum absolute atomic E-state index is 0.277. The lowest BCUT2D eigenvalue weighted by atomic mass is 10.1. The van der Waals surface area contributed by atoms with Crippen LogP contribution in [0.1, 0.15) is 39.3 Å². The fraction of sp³-hybridized carbons (Fsp3) is 0.500. The largest absolute Gasteiger partial charge is 0.443 e. The molecule has 0 saturated heterocycles. The molecule has 0 fully saturated rings. The minimum Gasteiger partial charge on any atom is -0.443 e. The van der Waals surface area contributed by atoms with Crippen LogP contribution in [-0.4, -0.2) is 16.7 Å². The highest BCUT2D eigenvalue weighted by atomic mass is 19.1. The predicted octanol–water partition coefficient (Wildman–Crippen LogP) is 2.31. The van der Waals surface area contributed by atoms with Crippen LogP contribution in [0.15, 0.2) is 18.5 Å². The quantitative estimate of drug-likeness (QED) is 0.813. The Kier molecular flexibility index (Phi) is 4.61. The SMILES string of the molecule is CC(NNC(=O)OC(C)(C)C)c1cncc(F)c1. The summed E-state index contributed by atoms with van der Waals surface area (Å²) in [7, 11) is 0. The van der Waals surface area contributed by atoms with E-state index in [1.54, 1.807) is 27.7 Å². The van der Waals surface area contributed by atoms with E-state index >= 15 is 0 Å². The van der Waals surface area contributed by atoms with Crippen molar-refractivity contribution >= 4 is 6.09 Å². The second kappa shape index (κ2) is 5.77. The summed E-state index contributed by atoms with van der Waals surface area (Å²) in [6.07, 6.45) is 2.06. The molecule has 0 aromatic carbocycles. The van der Waals surface area contributed by atoms with Gasteiger partial charge < -0.3 is 4.74 Å². The number of hydrogen-bond donors (Lipinski definition) is 2. The van der Waals surface area contributed by atoms with E-state index in [1.807, 2.05) is 0 Å². The molecule has 0 aliphatic heterocycles. The van der Waals surface area contributed by atoms with Crippen molar-refractivity contribution in [2.75, 3.05) is 0 Å². The zero-order valence-electron chi connectivity index (χ0n) is 11.0. The van der Waals surface area contributed by atoms with Crippen LogP contribution in [0.5, 0.6) is 0 Å². The summed E-state index contributed by atoms with van der Waals surface area (Å²) >= 11 is 0. The van der Waals surface area contributed by atoms with Gasteiger partial charge in [0.25, 0.3) is 0 Å². The molecule has 1 amide bonds. The lowest BCUT2D eigenvalue weighted by Crippen LogP contribution is -2.42. The number of aromatic nitrogens is 1. The second-order valence-electron chi connectivity index (χ2n) is 4.93. The summed E-state index contributed by atoms with van der Waals surface area (Å²) in [6.45, 7) is 7.08. The van der Waals surface area contributed by atoms with E-state index in [1.165, 1.54) is 12.3 Å². The van der Waals surface area contributed by atoms with Gasteiger partial charge in [0.15, 0.2) is 0 Å². The zero-order chi connectivity index (χ0) is 13.8. The zero-order valence-corrected chi connectivity index (χ0v) is 11.0. The summed E-state index contributed by atoms with van der Waals surface area (Å²) in [6, 6.07) is 1.07. The number of rotatable bonds is 3. The van der Waals surface area contributed by atoms with Crippen molar-refractivity contribution in [1.29, 1.82) is 0 Å². The van der Waals surface area contributed by atoms with Crippen molar-refractivity contribution in [3.63, 3.8) is 0 Å². The van der Waals surface area contributed by atoms with Crippen LogP contribution >= 0.6 is 0 Å². The molecule has 5 nitrogen and oxygen atoms in total. The van der Waals surface area contributed by atoms with Crippen molar-refractivity contribution in [2.45, 2.75) is 39.3 Å². The molecule has 1 aromatic rings. The van der Waals surface area contributed by atoms with Gasteiger partial charge in [-0.05, 0) is 39.3 Å². The normalized spacial score (nSPS) is 12.9. The van der Waals surface area contributed by atoms with Crippen molar-refractivity contribution in [3.05, 3.63) is 29.8 Å². The molecule has 0 aliphatic rings. The van der Waals surface area contributed by atoms with Crippen molar-refractivity contribution in [3.8, 4) is 0 Å². The molecule has 18 heavy (non-hydrogen) atoms. The van der Waals surface area contributed by atoms with Crippen LogP contribution in [0.25, 0.3) is 0 Å². The highest BCUT2D eigenvalue weighted by Crippen LogP contribution is 2.11. The van der Waals surface area contributed by atoms with Gasteiger partial charge in [-0.25, -0.2) is 14.6 Å². The first-order chi connectivity index (χ1) is 8.28. The number of hydrazine groups is 1. The van der Waals surface area contributed by atoms with E-state index in [0.717, 1.165) is 6.20 Å². The Labute approximate surface area is 106 Å². The third-order valence-corrected chi connectivity index (χ3v) is 2.02. The van der Waals surface area contributed by atoms with E-state index in [4.69, 9.17) is 4.74 Å². The van der Waals surface area contributed by atoms with Crippen molar-refractivity contribution in [1.82, 2.24) is 15.8 Å². The van der Waals surface area contributed by atoms with Crippen molar-refractivity contribution < 1.29 is 13.9 Å². The van der Waals surface area contributed by atoms with Crippen molar-refractivity contribution in [2.24, 2.45) is 0 Å². The first kappa shape index (κ1) is 14.4. The highest BCUT2D eigenvalue weighted by molar-refractivity contribution is 5.67. The number of halogens is 1. The van der Waals surface area contributed by atoms with Crippen LogP contribution in [0.2, 0.25) is 0 Å². The molecule has 0 saturated carbocycles. The summed E-state index contributed by atoms with van der Waals surface area (Å²) < 4.78 is 18.0. The number of carbonyl (C=O) groups is 1. The van der Waals surface area contributed by atoms with Gasteiger partial charge >= 0.3 is 6.09 Å². The first-order valence-corrected chi connectivity index (χ1v) is 5.63. The summed E-state index contributed by atoms with van der Waals surface area (Å²) in [5.74, 6) is -0.418. The van der Waals surface area contributed by atoms with Crippen LogP contribution in [0.4, 0.5) is 9.18 Å². The molecule has 0 spiro atoms. The molecular formula is C12H18FN3O2. The van der Waals surface area contributed by atoms with Gasteiger partial charge in [0, 0.05) is 12.2 Å². The summed E-state index contributed by atoms with van der Waals surface area (Å²) in [5.41, 5.74) is 5.18. The molecular weight excluding hydrogens is 237 g/mol. The maximum atomic E-state index is 12.9. The molecule has 1 heterocycles. The number of hydrogen-bond acceptors (Lipinski definition) is 4. The van der Waals surface area contributed by atoms with Gasteiger partial charge in [-0.3, -0.25) is 10.4 Å². The Hall–Kier alpha value is -1.69. The third-order valence-electron chi connectivity index (χ3n) is 2.02. The third kappa shape index (κ3) is 5.09. The Morgan fingerprint density at radius 3 is 2.67 bits per heavy atom. The molecule has 100 valence electrons. The summed E-state index contributed by atoms with van der Waals surface area (Å²) in [5, 5.41) is 0. The Balaban J connectivity index is 2.46. The Bertz CT molecular complexity index is 418.